The number of phenolic OH excluding ortho intramolecular Hbond substituents is 1. The highest BCUT2D eigenvalue weighted by Gasteiger charge is 2.32. The zero-order chi connectivity index (χ0) is 20.3. The van der Waals surface area contributed by atoms with E-state index in [1.807, 2.05) is 30.2 Å². The summed E-state index contributed by atoms with van der Waals surface area (Å²) < 4.78 is 6.46. The molecule has 0 bridgehead atoms. The van der Waals surface area contributed by atoms with Crippen molar-refractivity contribution in [2.75, 3.05) is 26.7 Å². The smallest absolute Gasteiger partial charge is 0.150 e. The maximum Gasteiger partial charge on any atom is 0.150 e. The third-order valence-electron chi connectivity index (χ3n) is 5.54. The molecule has 0 spiro atoms. The first-order valence-electron chi connectivity index (χ1n) is 10.0. The summed E-state index contributed by atoms with van der Waals surface area (Å²) in [6.45, 7) is 10.7. The Balaban J connectivity index is 0.00000225. The van der Waals surface area contributed by atoms with Crippen LogP contribution in [0.3, 0.4) is 0 Å². The number of rotatable bonds is 6. The summed E-state index contributed by atoms with van der Waals surface area (Å²) in [5.74, 6) is 1.43. The van der Waals surface area contributed by atoms with Gasteiger partial charge in [0.25, 0.3) is 0 Å². The number of hydrogen-bond acceptors (Lipinski definition) is 5. The molecule has 1 heterocycles. The fraction of sp³-hybridized carbons (Fsp3) is 0.478. The predicted octanol–water partition coefficient (Wildman–Crippen LogP) is 5.31. The summed E-state index contributed by atoms with van der Waals surface area (Å²) in [6.07, 6.45) is -0.106. The topological polar surface area (TPSA) is 45.2 Å². The third kappa shape index (κ3) is 6.02. The van der Waals surface area contributed by atoms with E-state index in [0.717, 1.165) is 36.5 Å². The van der Waals surface area contributed by atoms with Crippen LogP contribution in [0.15, 0.2) is 42.5 Å². The van der Waals surface area contributed by atoms with Crippen LogP contribution in [0.5, 0.6) is 11.5 Å². The molecule has 5 nitrogen and oxygen atoms in total. The van der Waals surface area contributed by atoms with Gasteiger partial charge in [0.2, 0.25) is 0 Å². The first kappa shape index (κ1) is 26.5. The average Bonchev–Trinajstić information content (AvgIpc) is 2.70. The number of hydroxylamine groups is 2. The molecule has 0 aliphatic carbocycles. The van der Waals surface area contributed by atoms with Gasteiger partial charge in [-0.15, -0.1) is 24.8 Å². The van der Waals surface area contributed by atoms with Gasteiger partial charge in [-0.2, -0.15) is 5.06 Å². The molecule has 30 heavy (non-hydrogen) atoms. The lowest BCUT2D eigenvalue weighted by Crippen LogP contribution is -2.52. The number of aromatic hydroxyl groups is 1. The third-order valence-corrected chi connectivity index (χ3v) is 5.54. The summed E-state index contributed by atoms with van der Waals surface area (Å²) in [6, 6.07) is 14.5. The molecule has 1 N–H and O–H groups in total. The van der Waals surface area contributed by atoms with Crippen molar-refractivity contribution in [2.45, 2.75) is 45.9 Å². The Labute approximate surface area is 192 Å². The van der Waals surface area contributed by atoms with E-state index in [1.54, 1.807) is 7.11 Å². The van der Waals surface area contributed by atoms with Crippen LogP contribution < -0.4 is 4.74 Å². The van der Waals surface area contributed by atoms with Crippen LogP contribution in [0.25, 0.3) is 0 Å². The van der Waals surface area contributed by atoms with Crippen molar-refractivity contribution in [1.29, 1.82) is 0 Å². The van der Waals surface area contributed by atoms with E-state index in [0.29, 0.717) is 5.75 Å². The Morgan fingerprint density at radius 3 is 2.30 bits per heavy atom. The van der Waals surface area contributed by atoms with Gasteiger partial charge in [-0.25, -0.2) is 0 Å². The first-order valence-corrected chi connectivity index (χ1v) is 10.0. The molecule has 1 fully saturated rings. The molecular weight excluding hydrogens is 423 g/mol. The van der Waals surface area contributed by atoms with Crippen LogP contribution in [-0.2, 0) is 4.84 Å². The minimum absolute atomic E-state index is 0. The molecular formula is C23H34Cl2N2O3. The summed E-state index contributed by atoms with van der Waals surface area (Å²) in [5, 5.41) is 12.1. The Bertz CT molecular complexity index is 790. The Hall–Kier alpha value is -1.50. The van der Waals surface area contributed by atoms with Crippen LogP contribution in [0.1, 0.15) is 49.4 Å². The normalized spacial score (nSPS) is 18.4. The van der Waals surface area contributed by atoms with Crippen LogP contribution in [0.2, 0.25) is 0 Å². The summed E-state index contributed by atoms with van der Waals surface area (Å²) >= 11 is 0. The number of piperazine rings is 1. The zero-order valence-electron chi connectivity index (χ0n) is 18.4. The monoisotopic (exact) mass is 456 g/mol. The van der Waals surface area contributed by atoms with Gasteiger partial charge >= 0.3 is 0 Å². The maximum absolute atomic E-state index is 10.1. The maximum atomic E-state index is 10.1. The molecule has 7 heteroatoms. The van der Waals surface area contributed by atoms with E-state index >= 15 is 0 Å². The van der Waals surface area contributed by atoms with Crippen LogP contribution in [0.4, 0.5) is 0 Å². The van der Waals surface area contributed by atoms with Crippen molar-refractivity contribution < 1.29 is 14.7 Å². The second kappa shape index (κ2) is 11.8. The number of halogens is 2. The van der Waals surface area contributed by atoms with Gasteiger partial charge in [0, 0.05) is 25.2 Å². The van der Waals surface area contributed by atoms with E-state index in [-0.39, 0.29) is 43.0 Å². The fourth-order valence-electron chi connectivity index (χ4n) is 3.84. The SMILES string of the molecule is CON1CCN(C(C)Oc2cc(C)c(O)cc2C(C)C)C(c2ccccc2)C1.Cl.Cl. The summed E-state index contributed by atoms with van der Waals surface area (Å²) in [7, 11) is 1.73. The number of nitrogens with zero attached hydrogens (tertiary/aromatic N) is 2. The molecule has 0 saturated carbocycles. The van der Waals surface area contributed by atoms with Crippen LogP contribution >= 0.6 is 24.8 Å². The quantitative estimate of drug-likeness (QED) is 0.637. The number of ether oxygens (including phenoxy) is 1. The van der Waals surface area contributed by atoms with E-state index in [2.05, 4.69) is 49.9 Å². The Morgan fingerprint density at radius 2 is 1.70 bits per heavy atom. The second-order valence-corrected chi connectivity index (χ2v) is 7.78. The molecule has 2 aromatic carbocycles. The van der Waals surface area contributed by atoms with Gasteiger partial charge in [0.1, 0.15) is 17.7 Å². The number of aryl methyl sites for hydroxylation is 1. The van der Waals surface area contributed by atoms with E-state index in [4.69, 9.17) is 9.57 Å². The van der Waals surface area contributed by atoms with Gasteiger partial charge in [0.15, 0.2) is 0 Å². The summed E-state index contributed by atoms with van der Waals surface area (Å²) in [5.41, 5.74) is 3.11. The molecule has 0 aromatic heterocycles. The highest BCUT2D eigenvalue weighted by atomic mass is 35.5. The Morgan fingerprint density at radius 1 is 1.03 bits per heavy atom. The zero-order valence-corrected chi connectivity index (χ0v) is 20.0. The highest BCUT2D eigenvalue weighted by Crippen LogP contribution is 2.35. The molecule has 1 aliphatic rings. The van der Waals surface area contributed by atoms with Crippen molar-refractivity contribution in [3.8, 4) is 11.5 Å². The molecule has 0 amide bonds. The molecule has 168 valence electrons. The van der Waals surface area contributed by atoms with Gasteiger partial charge in [-0.05, 0) is 43.0 Å². The lowest BCUT2D eigenvalue weighted by molar-refractivity contribution is -0.180. The molecule has 3 rings (SSSR count). The molecule has 1 saturated heterocycles. The van der Waals surface area contributed by atoms with Crippen molar-refractivity contribution >= 4 is 24.8 Å². The van der Waals surface area contributed by atoms with Crippen LogP contribution in [0, 0.1) is 6.92 Å². The number of hydrogen-bond donors (Lipinski definition) is 1. The lowest BCUT2D eigenvalue weighted by Gasteiger charge is -2.43. The van der Waals surface area contributed by atoms with Gasteiger partial charge in [-0.3, -0.25) is 4.90 Å². The molecule has 2 unspecified atom stereocenters. The largest absolute Gasteiger partial charge is 0.508 e. The number of phenols is 1. The minimum Gasteiger partial charge on any atom is -0.508 e. The Kier molecular flexibility index (Phi) is 10.4. The number of benzene rings is 2. The van der Waals surface area contributed by atoms with Crippen LogP contribution in [-0.4, -0.2) is 48.0 Å². The van der Waals surface area contributed by atoms with Crippen molar-refractivity contribution in [3.63, 3.8) is 0 Å². The molecule has 1 aliphatic heterocycles. The lowest BCUT2D eigenvalue weighted by atomic mass is 9.99. The van der Waals surface area contributed by atoms with Crippen molar-refractivity contribution in [2.24, 2.45) is 0 Å². The van der Waals surface area contributed by atoms with E-state index < -0.39 is 0 Å². The average molecular weight is 457 g/mol. The van der Waals surface area contributed by atoms with Crippen molar-refractivity contribution in [3.05, 3.63) is 59.2 Å². The molecule has 2 atom stereocenters. The van der Waals surface area contributed by atoms with Gasteiger partial charge in [0.05, 0.1) is 13.2 Å². The molecule has 0 radical (unpaired) electrons. The van der Waals surface area contributed by atoms with E-state index in [1.165, 1.54) is 5.56 Å². The highest BCUT2D eigenvalue weighted by molar-refractivity contribution is 5.85. The molecule has 2 aromatic rings. The standard InChI is InChI=1S/C23H32N2O3.2ClH/c1-16(2)20-14-22(26)17(3)13-23(20)28-18(4)25-12-11-24(27-5)15-21(25)19-9-7-6-8-10-19;;/h6-10,13-14,16,18,21,26H,11-12,15H2,1-5H3;2*1H. The van der Waals surface area contributed by atoms with Crippen molar-refractivity contribution in [1.82, 2.24) is 9.96 Å². The van der Waals surface area contributed by atoms with Gasteiger partial charge < -0.3 is 14.7 Å². The predicted molar refractivity (Wildman–Crippen MR) is 126 cm³/mol. The van der Waals surface area contributed by atoms with Gasteiger partial charge in [-0.1, -0.05) is 44.2 Å². The minimum atomic E-state index is -0.106. The second-order valence-electron chi connectivity index (χ2n) is 7.78. The fourth-order valence-corrected chi connectivity index (χ4v) is 3.84. The summed E-state index contributed by atoms with van der Waals surface area (Å²) in [4.78, 5) is 7.89. The van der Waals surface area contributed by atoms with E-state index in [9.17, 15) is 5.11 Å². The first-order chi connectivity index (χ1) is 13.4.